The second-order valence-corrected chi connectivity index (χ2v) is 7.63. The Balaban J connectivity index is 1.75. The molecule has 7 nitrogen and oxygen atoms in total. The Morgan fingerprint density at radius 3 is 2.59 bits per heavy atom. The van der Waals surface area contributed by atoms with Gasteiger partial charge < -0.3 is 23.9 Å². The van der Waals surface area contributed by atoms with E-state index in [0.29, 0.717) is 29.4 Å². The summed E-state index contributed by atoms with van der Waals surface area (Å²) in [5, 5.41) is 10.8. The lowest BCUT2D eigenvalue weighted by atomic mass is 9.95. The lowest BCUT2D eigenvalue weighted by Crippen LogP contribution is -2.30. The van der Waals surface area contributed by atoms with Crippen LogP contribution in [0.2, 0.25) is 0 Å². The monoisotopic (exact) mass is 459 g/mol. The number of ketones is 1. The highest BCUT2D eigenvalue weighted by molar-refractivity contribution is 6.14. The third-order valence-electron chi connectivity index (χ3n) is 5.51. The van der Waals surface area contributed by atoms with Gasteiger partial charge in [0.05, 0.1) is 38.1 Å². The van der Waals surface area contributed by atoms with E-state index in [1.54, 1.807) is 36.4 Å². The molecule has 34 heavy (non-hydrogen) atoms. The summed E-state index contributed by atoms with van der Waals surface area (Å²) in [6, 6.07) is 17.1. The van der Waals surface area contributed by atoms with Crippen LogP contribution in [0.25, 0.3) is 6.08 Å². The molecule has 0 saturated carbocycles. The Kier molecular flexibility index (Phi) is 6.82. The summed E-state index contributed by atoms with van der Waals surface area (Å²) in [5.41, 5.74) is 1.42. The summed E-state index contributed by atoms with van der Waals surface area (Å²) in [6.07, 6.45) is 4.52. The van der Waals surface area contributed by atoms with Crippen LogP contribution < -0.4 is 9.47 Å². The van der Waals surface area contributed by atoms with Crippen molar-refractivity contribution in [2.75, 3.05) is 13.7 Å². The molecule has 1 amide bonds. The smallest absolute Gasteiger partial charge is 0.290 e. The van der Waals surface area contributed by atoms with Crippen LogP contribution in [-0.4, -0.2) is 35.4 Å². The topological polar surface area (TPSA) is 89.2 Å². The minimum atomic E-state index is -0.838. The number of benzene rings is 2. The van der Waals surface area contributed by atoms with Gasteiger partial charge in [0.15, 0.2) is 23.0 Å². The van der Waals surface area contributed by atoms with E-state index in [1.807, 2.05) is 37.3 Å². The molecule has 1 atom stereocenters. The molecular formula is C27H25NO6. The molecule has 0 radical (unpaired) electrons. The molecule has 1 aromatic heterocycles. The van der Waals surface area contributed by atoms with Crippen LogP contribution in [0.5, 0.6) is 11.5 Å². The SMILES string of the molecule is CCOc1ccc(C2C(C(=O)C=Cc3ccccc3)=C(O)C(=O)N2Cc2ccco2)cc1OC. The van der Waals surface area contributed by atoms with E-state index >= 15 is 0 Å². The first kappa shape index (κ1) is 22.9. The van der Waals surface area contributed by atoms with E-state index in [-0.39, 0.29) is 12.1 Å². The molecule has 2 heterocycles. The van der Waals surface area contributed by atoms with Gasteiger partial charge in [0.2, 0.25) is 0 Å². The fraction of sp³-hybridized carbons (Fsp3) is 0.185. The summed E-state index contributed by atoms with van der Waals surface area (Å²) < 4.78 is 16.5. The number of allylic oxidation sites excluding steroid dienone is 1. The number of aliphatic hydroxyl groups excluding tert-OH is 1. The maximum atomic E-state index is 13.3. The van der Waals surface area contributed by atoms with Gasteiger partial charge in [-0.2, -0.15) is 0 Å². The van der Waals surface area contributed by atoms with Crippen LogP contribution in [0, 0.1) is 0 Å². The summed E-state index contributed by atoms with van der Waals surface area (Å²) in [7, 11) is 1.52. The summed E-state index contributed by atoms with van der Waals surface area (Å²) >= 11 is 0. The predicted molar refractivity (Wildman–Crippen MR) is 126 cm³/mol. The number of amides is 1. The number of furan rings is 1. The number of aliphatic hydroxyl groups is 1. The minimum absolute atomic E-state index is 0.00468. The fourth-order valence-electron chi connectivity index (χ4n) is 3.94. The van der Waals surface area contributed by atoms with Gasteiger partial charge in [-0.15, -0.1) is 0 Å². The number of hydrogen-bond acceptors (Lipinski definition) is 6. The first-order valence-corrected chi connectivity index (χ1v) is 10.9. The van der Waals surface area contributed by atoms with E-state index in [9.17, 15) is 14.7 Å². The zero-order valence-corrected chi connectivity index (χ0v) is 18.9. The normalized spacial score (nSPS) is 15.9. The number of methoxy groups -OCH3 is 1. The number of carbonyl (C=O) groups excluding carboxylic acids is 2. The van der Waals surface area contributed by atoms with Crippen LogP contribution in [0.1, 0.15) is 29.9 Å². The first-order chi connectivity index (χ1) is 16.5. The molecule has 1 aliphatic rings. The number of ether oxygens (including phenoxy) is 2. The highest BCUT2D eigenvalue weighted by Gasteiger charge is 2.43. The quantitative estimate of drug-likeness (QED) is 0.460. The summed E-state index contributed by atoms with van der Waals surface area (Å²) in [5.74, 6) is -0.159. The molecule has 4 rings (SSSR count). The van der Waals surface area contributed by atoms with Crippen molar-refractivity contribution in [1.82, 2.24) is 4.90 Å². The number of hydrogen-bond donors (Lipinski definition) is 1. The summed E-state index contributed by atoms with van der Waals surface area (Å²) in [4.78, 5) is 27.7. The van der Waals surface area contributed by atoms with Gasteiger partial charge in [-0.3, -0.25) is 9.59 Å². The van der Waals surface area contributed by atoms with Crippen molar-refractivity contribution in [3.8, 4) is 11.5 Å². The van der Waals surface area contributed by atoms with E-state index < -0.39 is 23.5 Å². The van der Waals surface area contributed by atoms with Gasteiger partial charge in [0.25, 0.3) is 5.91 Å². The Hall–Kier alpha value is -4.26. The van der Waals surface area contributed by atoms with Crippen molar-refractivity contribution in [2.45, 2.75) is 19.5 Å². The second kappa shape index (κ2) is 10.1. The number of nitrogens with zero attached hydrogens (tertiary/aromatic N) is 1. The fourth-order valence-corrected chi connectivity index (χ4v) is 3.94. The van der Waals surface area contributed by atoms with Crippen LogP contribution in [0.15, 0.2) is 88.8 Å². The van der Waals surface area contributed by atoms with Crippen molar-refractivity contribution >= 4 is 17.8 Å². The van der Waals surface area contributed by atoms with Crippen molar-refractivity contribution in [3.63, 3.8) is 0 Å². The van der Waals surface area contributed by atoms with E-state index in [0.717, 1.165) is 5.56 Å². The maximum absolute atomic E-state index is 13.3. The Bertz CT molecular complexity index is 1230. The Morgan fingerprint density at radius 1 is 1.12 bits per heavy atom. The van der Waals surface area contributed by atoms with Crippen LogP contribution in [0.3, 0.4) is 0 Å². The third-order valence-corrected chi connectivity index (χ3v) is 5.51. The largest absolute Gasteiger partial charge is 0.503 e. The Morgan fingerprint density at radius 2 is 1.91 bits per heavy atom. The van der Waals surface area contributed by atoms with E-state index in [4.69, 9.17) is 13.9 Å². The van der Waals surface area contributed by atoms with Gasteiger partial charge in [-0.05, 0) is 48.4 Å². The Labute approximate surface area is 197 Å². The van der Waals surface area contributed by atoms with Crippen LogP contribution >= 0.6 is 0 Å². The van der Waals surface area contributed by atoms with Crippen molar-refractivity contribution in [1.29, 1.82) is 0 Å². The molecule has 0 aliphatic carbocycles. The van der Waals surface area contributed by atoms with Gasteiger partial charge in [0.1, 0.15) is 5.76 Å². The average Bonchev–Trinajstić information content (AvgIpc) is 3.46. The summed E-state index contributed by atoms with van der Waals surface area (Å²) in [6.45, 7) is 2.40. The molecule has 3 aromatic rings. The lowest BCUT2D eigenvalue weighted by Gasteiger charge is -2.26. The third kappa shape index (κ3) is 4.59. The minimum Gasteiger partial charge on any atom is -0.503 e. The van der Waals surface area contributed by atoms with Gasteiger partial charge in [0, 0.05) is 0 Å². The molecule has 2 aromatic carbocycles. The predicted octanol–water partition coefficient (Wildman–Crippen LogP) is 4.87. The lowest BCUT2D eigenvalue weighted by molar-refractivity contribution is -0.130. The van der Waals surface area contributed by atoms with Crippen molar-refractivity contribution in [2.24, 2.45) is 0 Å². The standard InChI is InChI=1S/C27H25NO6/c1-3-33-22-14-12-19(16-23(22)32-2)25-24(21(29)13-11-18-8-5-4-6-9-18)26(30)27(31)28(25)17-20-10-7-15-34-20/h4-16,25,30H,3,17H2,1-2H3. The molecule has 0 spiro atoms. The highest BCUT2D eigenvalue weighted by atomic mass is 16.5. The second-order valence-electron chi connectivity index (χ2n) is 7.63. The molecule has 0 saturated heterocycles. The van der Waals surface area contributed by atoms with Gasteiger partial charge >= 0.3 is 0 Å². The molecule has 0 fully saturated rings. The molecule has 1 unspecified atom stereocenters. The van der Waals surface area contributed by atoms with Gasteiger partial charge in [-0.25, -0.2) is 0 Å². The highest BCUT2D eigenvalue weighted by Crippen LogP contribution is 2.41. The first-order valence-electron chi connectivity index (χ1n) is 10.9. The van der Waals surface area contributed by atoms with Crippen molar-refractivity contribution < 1.29 is 28.6 Å². The number of rotatable bonds is 9. The molecule has 1 aliphatic heterocycles. The van der Waals surface area contributed by atoms with Gasteiger partial charge in [-0.1, -0.05) is 42.5 Å². The maximum Gasteiger partial charge on any atom is 0.290 e. The van der Waals surface area contributed by atoms with E-state index in [2.05, 4.69) is 0 Å². The molecule has 0 bridgehead atoms. The zero-order chi connectivity index (χ0) is 24.1. The molecule has 1 N–H and O–H groups in total. The van der Waals surface area contributed by atoms with Crippen LogP contribution in [0.4, 0.5) is 0 Å². The zero-order valence-electron chi connectivity index (χ0n) is 18.9. The molecular weight excluding hydrogens is 434 g/mol. The van der Waals surface area contributed by atoms with Crippen molar-refractivity contribution in [3.05, 3.63) is 101 Å². The van der Waals surface area contributed by atoms with E-state index in [1.165, 1.54) is 24.3 Å². The molecule has 174 valence electrons. The average molecular weight is 459 g/mol. The number of carbonyl (C=O) groups is 2. The molecule has 7 heteroatoms. The van der Waals surface area contributed by atoms with Crippen LogP contribution in [-0.2, 0) is 16.1 Å².